The van der Waals surface area contributed by atoms with Crippen molar-refractivity contribution in [2.45, 2.75) is 25.3 Å². The Bertz CT molecular complexity index is 554. The maximum absolute atomic E-state index is 11.8. The van der Waals surface area contributed by atoms with Gasteiger partial charge in [0.1, 0.15) is 15.6 Å². The van der Waals surface area contributed by atoms with Crippen LogP contribution in [0, 0.1) is 0 Å². The molecule has 1 aliphatic rings. The molecule has 0 spiro atoms. The molecule has 6 heteroatoms. The van der Waals surface area contributed by atoms with Crippen molar-refractivity contribution >= 4 is 15.7 Å². The number of benzene rings is 1. The third kappa shape index (κ3) is 4.24. The Balaban J connectivity index is 1.85. The number of rotatable bonds is 3. The van der Waals surface area contributed by atoms with Gasteiger partial charge in [0.15, 0.2) is 0 Å². The van der Waals surface area contributed by atoms with E-state index in [1.165, 1.54) is 0 Å². The zero-order chi connectivity index (χ0) is 13.9. The minimum atomic E-state index is -2.90. The van der Waals surface area contributed by atoms with E-state index in [-0.39, 0.29) is 35.6 Å². The minimum absolute atomic E-state index is 0.0617. The lowest BCUT2D eigenvalue weighted by molar-refractivity contribution is -0.121. The average molecular weight is 283 g/mol. The highest BCUT2D eigenvalue weighted by molar-refractivity contribution is 7.91. The summed E-state index contributed by atoms with van der Waals surface area (Å²) in [7, 11) is -2.90. The van der Waals surface area contributed by atoms with Crippen LogP contribution in [0.4, 0.5) is 0 Å². The molecule has 1 aromatic rings. The summed E-state index contributed by atoms with van der Waals surface area (Å²) in [6, 6.07) is 6.49. The van der Waals surface area contributed by atoms with Crippen LogP contribution in [0.15, 0.2) is 24.3 Å². The first-order valence-corrected chi connectivity index (χ1v) is 8.04. The van der Waals surface area contributed by atoms with Gasteiger partial charge in [-0.15, -0.1) is 0 Å². The Kier molecular flexibility index (Phi) is 4.09. The van der Waals surface area contributed by atoms with Crippen LogP contribution in [-0.2, 0) is 21.1 Å². The normalized spacial score (nSPS) is 18.9. The summed E-state index contributed by atoms with van der Waals surface area (Å²) in [6.07, 6.45) is 1.15. The summed E-state index contributed by atoms with van der Waals surface area (Å²) in [5, 5.41) is 12.1. The maximum Gasteiger partial charge on any atom is 0.224 e. The van der Waals surface area contributed by atoms with Gasteiger partial charge in [-0.05, 0) is 30.5 Å². The first kappa shape index (κ1) is 13.9. The SMILES string of the molecule is O=C(Cc1cccc(O)c1)NC1CCS(=O)(=O)CC1. The van der Waals surface area contributed by atoms with Crippen molar-refractivity contribution < 1.29 is 18.3 Å². The summed E-state index contributed by atoms with van der Waals surface area (Å²) in [5.41, 5.74) is 0.737. The fourth-order valence-electron chi connectivity index (χ4n) is 2.16. The van der Waals surface area contributed by atoms with Gasteiger partial charge in [-0.3, -0.25) is 4.79 Å². The number of hydrogen-bond donors (Lipinski definition) is 2. The summed E-state index contributed by atoms with van der Waals surface area (Å²) < 4.78 is 22.5. The molecule has 1 fully saturated rings. The number of phenols is 1. The zero-order valence-electron chi connectivity index (χ0n) is 10.5. The number of sulfone groups is 1. The Labute approximate surface area is 112 Å². The third-order valence-corrected chi connectivity index (χ3v) is 4.91. The van der Waals surface area contributed by atoms with Crippen LogP contribution in [0.2, 0.25) is 0 Å². The predicted molar refractivity (Wildman–Crippen MR) is 71.6 cm³/mol. The van der Waals surface area contributed by atoms with E-state index in [0.29, 0.717) is 12.8 Å². The maximum atomic E-state index is 11.8. The van der Waals surface area contributed by atoms with Crippen molar-refractivity contribution in [2.24, 2.45) is 0 Å². The van der Waals surface area contributed by atoms with Crippen LogP contribution in [-0.4, -0.2) is 37.0 Å². The van der Waals surface area contributed by atoms with Crippen molar-refractivity contribution in [2.75, 3.05) is 11.5 Å². The molecule has 1 aromatic carbocycles. The first-order chi connectivity index (χ1) is 8.94. The summed E-state index contributed by atoms with van der Waals surface area (Å²) in [6.45, 7) is 0. The third-order valence-electron chi connectivity index (χ3n) is 3.19. The number of nitrogens with one attached hydrogen (secondary N) is 1. The molecule has 19 heavy (non-hydrogen) atoms. The lowest BCUT2D eigenvalue weighted by Crippen LogP contribution is -2.41. The highest BCUT2D eigenvalue weighted by Crippen LogP contribution is 2.14. The van der Waals surface area contributed by atoms with Gasteiger partial charge in [0.2, 0.25) is 5.91 Å². The Morgan fingerprint density at radius 2 is 2.00 bits per heavy atom. The highest BCUT2D eigenvalue weighted by Gasteiger charge is 2.24. The molecule has 1 aliphatic heterocycles. The Morgan fingerprint density at radius 1 is 1.32 bits per heavy atom. The molecule has 2 rings (SSSR count). The molecule has 1 amide bonds. The Hall–Kier alpha value is -1.56. The van der Waals surface area contributed by atoms with Gasteiger partial charge in [-0.2, -0.15) is 0 Å². The number of amides is 1. The molecule has 0 radical (unpaired) electrons. The summed E-state index contributed by atoms with van der Waals surface area (Å²) in [4.78, 5) is 11.8. The smallest absolute Gasteiger partial charge is 0.224 e. The van der Waals surface area contributed by atoms with Crippen molar-refractivity contribution in [3.05, 3.63) is 29.8 Å². The van der Waals surface area contributed by atoms with Crippen molar-refractivity contribution in [3.63, 3.8) is 0 Å². The van der Waals surface area contributed by atoms with Crippen molar-refractivity contribution in [1.82, 2.24) is 5.32 Å². The summed E-state index contributed by atoms with van der Waals surface area (Å²) >= 11 is 0. The molecule has 0 atom stereocenters. The second-order valence-electron chi connectivity index (χ2n) is 4.84. The van der Waals surface area contributed by atoms with Gasteiger partial charge in [0.25, 0.3) is 0 Å². The molecule has 0 unspecified atom stereocenters. The molecule has 0 bridgehead atoms. The van der Waals surface area contributed by atoms with Gasteiger partial charge in [0.05, 0.1) is 17.9 Å². The second kappa shape index (κ2) is 5.61. The molecule has 0 saturated carbocycles. The van der Waals surface area contributed by atoms with Crippen LogP contribution >= 0.6 is 0 Å². The van der Waals surface area contributed by atoms with Crippen LogP contribution in [0.1, 0.15) is 18.4 Å². The lowest BCUT2D eigenvalue weighted by Gasteiger charge is -2.23. The quantitative estimate of drug-likeness (QED) is 0.852. The number of phenolic OH excluding ortho intramolecular Hbond substituents is 1. The average Bonchev–Trinajstić information content (AvgIpc) is 2.32. The lowest BCUT2D eigenvalue weighted by atomic mass is 10.1. The number of hydrogen-bond acceptors (Lipinski definition) is 4. The first-order valence-electron chi connectivity index (χ1n) is 6.22. The molecule has 5 nitrogen and oxygen atoms in total. The highest BCUT2D eigenvalue weighted by atomic mass is 32.2. The van der Waals surface area contributed by atoms with Crippen LogP contribution in [0.5, 0.6) is 5.75 Å². The van der Waals surface area contributed by atoms with E-state index in [0.717, 1.165) is 5.56 Å². The molecular formula is C13H17NO4S. The van der Waals surface area contributed by atoms with E-state index in [2.05, 4.69) is 5.32 Å². The molecule has 104 valence electrons. The zero-order valence-corrected chi connectivity index (χ0v) is 11.3. The number of carbonyl (C=O) groups is 1. The van der Waals surface area contributed by atoms with Gasteiger partial charge >= 0.3 is 0 Å². The van der Waals surface area contributed by atoms with Crippen LogP contribution < -0.4 is 5.32 Å². The van der Waals surface area contributed by atoms with Gasteiger partial charge in [0, 0.05) is 6.04 Å². The van der Waals surface area contributed by atoms with E-state index in [9.17, 15) is 18.3 Å². The van der Waals surface area contributed by atoms with Crippen molar-refractivity contribution in [3.8, 4) is 5.75 Å². The van der Waals surface area contributed by atoms with Crippen LogP contribution in [0.25, 0.3) is 0 Å². The minimum Gasteiger partial charge on any atom is -0.508 e. The monoisotopic (exact) mass is 283 g/mol. The molecule has 0 aromatic heterocycles. The van der Waals surface area contributed by atoms with Crippen molar-refractivity contribution in [1.29, 1.82) is 0 Å². The molecule has 1 heterocycles. The Morgan fingerprint density at radius 3 is 2.63 bits per heavy atom. The van der Waals surface area contributed by atoms with Gasteiger partial charge in [-0.25, -0.2) is 8.42 Å². The fraction of sp³-hybridized carbons (Fsp3) is 0.462. The number of aromatic hydroxyl groups is 1. The molecule has 1 saturated heterocycles. The molecular weight excluding hydrogens is 266 g/mol. The summed E-state index contributed by atoms with van der Waals surface area (Å²) in [5.74, 6) is 0.276. The standard InChI is InChI=1S/C13H17NO4S/c15-12-3-1-2-10(8-12)9-13(16)14-11-4-6-19(17,18)7-5-11/h1-3,8,11,15H,4-7,9H2,(H,14,16). The number of carbonyl (C=O) groups excluding carboxylic acids is 1. The van der Waals surface area contributed by atoms with Crippen LogP contribution in [0.3, 0.4) is 0 Å². The van der Waals surface area contributed by atoms with E-state index in [4.69, 9.17) is 0 Å². The van der Waals surface area contributed by atoms with Gasteiger partial charge < -0.3 is 10.4 Å². The van der Waals surface area contributed by atoms with E-state index in [1.807, 2.05) is 0 Å². The largest absolute Gasteiger partial charge is 0.508 e. The van der Waals surface area contributed by atoms with E-state index < -0.39 is 9.84 Å². The van der Waals surface area contributed by atoms with E-state index in [1.54, 1.807) is 24.3 Å². The second-order valence-corrected chi connectivity index (χ2v) is 7.14. The molecule has 0 aliphatic carbocycles. The predicted octanol–water partition coefficient (Wildman–Crippen LogP) is 0.628. The van der Waals surface area contributed by atoms with E-state index >= 15 is 0 Å². The van der Waals surface area contributed by atoms with Gasteiger partial charge in [-0.1, -0.05) is 12.1 Å². The topological polar surface area (TPSA) is 83.5 Å². The fourth-order valence-corrected chi connectivity index (χ4v) is 3.66. The molecule has 2 N–H and O–H groups in total.